The van der Waals surface area contributed by atoms with Crippen molar-refractivity contribution in [3.8, 4) is 0 Å². The van der Waals surface area contributed by atoms with Gasteiger partial charge in [0.05, 0.1) is 12.2 Å². The summed E-state index contributed by atoms with van der Waals surface area (Å²) in [5.74, 6) is 0. The fourth-order valence-corrected chi connectivity index (χ4v) is 1.14. The summed E-state index contributed by atoms with van der Waals surface area (Å²) in [6.45, 7) is 1.32. The lowest BCUT2D eigenvalue weighted by atomic mass is 10.0. The van der Waals surface area contributed by atoms with Crippen LogP contribution in [0.15, 0.2) is 0 Å². The van der Waals surface area contributed by atoms with Crippen LogP contribution >= 0.6 is 0 Å². The third-order valence-electron chi connectivity index (χ3n) is 1.78. The molecule has 0 aromatic carbocycles. The van der Waals surface area contributed by atoms with Crippen LogP contribution in [0.3, 0.4) is 0 Å². The smallest absolute Gasteiger partial charge is 0.269 e. The van der Waals surface area contributed by atoms with E-state index in [1.54, 1.807) is 0 Å². The first-order chi connectivity index (χ1) is 5.16. The molecular formula is C7H14O4. The summed E-state index contributed by atoms with van der Waals surface area (Å²) in [4.78, 5) is 0. The van der Waals surface area contributed by atoms with Crippen molar-refractivity contribution in [2.45, 2.75) is 31.8 Å². The van der Waals surface area contributed by atoms with E-state index in [9.17, 15) is 0 Å². The predicted molar refractivity (Wildman–Crippen MR) is 37.8 cm³/mol. The summed E-state index contributed by atoms with van der Waals surface area (Å²) in [6, 6.07) is 0. The number of hydrogen-bond acceptors (Lipinski definition) is 4. The van der Waals surface area contributed by atoms with E-state index >= 15 is 0 Å². The van der Waals surface area contributed by atoms with Crippen molar-refractivity contribution in [2.24, 2.45) is 0 Å². The van der Waals surface area contributed by atoms with Gasteiger partial charge in [-0.25, -0.2) is 0 Å². The number of ether oxygens (including phenoxy) is 2. The first-order valence-corrected chi connectivity index (χ1v) is 3.75. The van der Waals surface area contributed by atoms with Crippen LogP contribution in [0.4, 0.5) is 0 Å². The summed E-state index contributed by atoms with van der Waals surface area (Å²) >= 11 is 0. The van der Waals surface area contributed by atoms with Crippen LogP contribution in [0.1, 0.15) is 19.8 Å². The van der Waals surface area contributed by atoms with Gasteiger partial charge in [-0.1, -0.05) is 0 Å². The van der Waals surface area contributed by atoms with Gasteiger partial charge in [-0.15, -0.1) is 0 Å². The average Bonchev–Trinajstić information content (AvgIpc) is 2.28. The van der Waals surface area contributed by atoms with Crippen LogP contribution in [-0.4, -0.2) is 35.5 Å². The zero-order chi connectivity index (χ0) is 8.32. The van der Waals surface area contributed by atoms with E-state index in [-0.39, 0.29) is 6.61 Å². The van der Waals surface area contributed by atoms with E-state index in [0.29, 0.717) is 19.4 Å². The average molecular weight is 162 g/mol. The van der Waals surface area contributed by atoms with E-state index in [0.717, 1.165) is 0 Å². The van der Waals surface area contributed by atoms with Gasteiger partial charge in [0.25, 0.3) is 6.48 Å². The zero-order valence-electron chi connectivity index (χ0n) is 6.62. The monoisotopic (exact) mass is 162 g/mol. The third kappa shape index (κ3) is 2.41. The highest BCUT2D eigenvalue weighted by Crippen LogP contribution is 2.25. The molecule has 0 aromatic heterocycles. The van der Waals surface area contributed by atoms with Gasteiger partial charge in [0.1, 0.15) is 0 Å². The highest BCUT2D eigenvalue weighted by molar-refractivity contribution is 4.77. The maximum atomic E-state index is 8.86. The highest BCUT2D eigenvalue weighted by atomic mass is 16.8. The number of aliphatic hydroxyl groups is 2. The third-order valence-corrected chi connectivity index (χ3v) is 1.78. The van der Waals surface area contributed by atoms with Gasteiger partial charge >= 0.3 is 0 Å². The molecule has 0 radical (unpaired) electrons. The molecular weight excluding hydrogens is 148 g/mol. The number of hydrogen-bond donors (Lipinski definition) is 2. The minimum Gasteiger partial charge on any atom is -0.396 e. The fraction of sp³-hybridized carbons (Fsp3) is 1.00. The lowest BCUT2D eigenvalue weighted by Crippen LogP contribution is -2.28. The Morgan fingerprint density at radius 2 is 2.36 bits per heavy atom. The van der Waals surface area contributed by atoms with Crippen LogP contribution in [-0.2, 0) is 9.47 Å². The molecule has 1 aliphatic rings. The minimum atomic E-state index is -1.08. The number of aliphatic hydroxyl groups excluding tert-OH is 2. The second-order valence-electron chi connectivity index (χ2n) is 3.01. The van der Waals surface area contributed by atoms with Crippen molar-refractivity contribution < 1.29 is 19.7 Å². The van der Waals surface area contributed by atoms with Gasteiger partial charge in [-0.05, 0) is 19.8 Å². The molecule has 1 saturated heterocycles. The lowest BCUT2D eigenvalue weighted by Gasteiger charge is -2.20. The SMILES string of the molecule is CC1(CCCO)COC(O)O1. The molecule has 2 atom stereocenters. The van der Waals surface area contributed by atoms with Crippen LogP contribution in [0.2, 0.25) is 0 Å². The summed E-state index contributed by atoms with van der Waals surface area (Å²) in [5.41, 5.74) is -0.415. The van der Waals surface area contributed by atoms with Crippen LogP contribution in [0.5, 0.6) is 0 Å². The Balaban J connectivity index is 2.29. The Morgan fingerprint density at radius 3 is 2.82 bits per heavy atom. The quantitative estimate of drug-likeness (QED) is 0.605. The van der Waals surface area contributed by atoms with Gasteiger partial charge in [0.15, 0.2) is 0 Å². The fourth-order valence-electron chi connectivity index (χ4n) is 1.14. The van der Waals surface area contributed by atoms with E-state index in [1.807, 2.05) is 6.92 Å². The summed E-state index contributed by atoms with van der Waals surface area (Å²) in [5, 5.41) is 17.4. The van der Waals surface area contributed by atoms with Gasteiger partial charge in [-0.3, -0.25) is 0 Å². The van der Waals surface area contributed by atoms with Gasteiger partial charge in [0, 0.05) is 6.61 Å². The zero-order valence-corrected chi connectivity index (χ0v) is 6.62. The summed E-state index contributed by atoms with van der Waals surface area (Å²) < 4.78 is 9.89. The van der Waals surface area contributed by atoms with Gasteiger partial charge in [0.2, 0.25) is 0 Å². The Kier molecular flexibility index (Phi) is 2.84. The molecule has 1 rings (SSSR count). The van der Waals surface area contributed by atoms with Crippen molar-refractivity contribution >= 4 is 0 Å². The molecule has 1 heterocycles. The molecule has 2 N–H and O–H groups in total. The van der Waals surface area contributed by atoms with Crippen LogP contribution in [0, 0.1) is 0 Å². The minimum absolute atomic E-state index is 0.148. The van der Waals surface area contributed by atoms with Crippen molar-refractivity contribution in [2.75, 3.05) is 13.2 Å². The Morgan fingerprint density at radius 1 is 1.64 bits per heavy atom. The highest BCUT2D eigenvalue weighted by Gasteiger charge is 2.35. The standard InChI is InChI=1S/C7H14O4/c1-7(3-2-4-8)5-10-6(9)11-7/h6,8-9H,2-5H2,1H3. The summed E-state index contributed by atoms with van der Waals surface area (Å²) in [7, 11) is 0. The lowest BCUT2D eigenvalue weighted by molar-refractivity contribution is -0.218. The van der Waals surface area contributed by atoms with E-state index in [4.69, 9.17) is 19.7 Å². The molecule has 0 saturated carbocycles. The molecule has 4 heteroatoms. The van der Waals surface area contributed by atoms with Gasteiger partial charge in [-0.2, -0.15) is 0 Å². The largest absolute Gasteiger partial charge is 0.396 e. The molecule has 0 aromatic rings. The van der Waals surface area contributed by atoms with Crippen molar-refractivity contribution in [1.82, 2.24) is 0 Å². The molecule has 0 aliphatic carbocycles. The first-order valence-electron chi connectivity index (χ1n) is 3.75. The molecule has 1 aliphatic heterocycles. The van der Waals surface area contributed by atoms with E-state index < -0.39 is 12.1 Å². The number of rotatable bonds is 3. The second kappa shape index (κ2) is 3.49. The van der Waals surface area contributed by atoms with Crippen molar-refractivity contribution in [3.63, 3.8) is 0 Å². The molecule has 0 amide bonds. The molecule has 0 spiro atoms. The second-order valence-corrected chi connectivity index (χ2v) is 3.01. The molecule has 4 nitrogen and oxygen atoms in total. The summed E-state index contributed by atoms with van der Waals surface area (Å²) in [6.07, 6.45) is 1.38. The molecule has 11 heavy (non-hydrogen) atoms. The van der Waals surface area contributed by atoms with Crippen molar-refractivity contribution in [1.29, 1.82) is 0 Å². The molecule has 0 bridgehead atoms. The predicted octanol–water partition coefficient (Wildman–Crippen LogP) is -0.160. The van der Waals surface area contributed by atoms with Gasteiger partial charge < -0.3 is 19.7 Å². The Hall–Kier alpha value is -0.160. The van der Waals surface area contributed by atoms with E-state index in [1.165, 1.54) is 0 Å². The molecule has 1 fully saturated rings. The van der Waals surface area contributed by atoms with Crippen LogP contribution < -0.4 is 0 Å². The Labute approximate surface area is 65.7 Å². The van der Waals surface area contributed by atoms with E-state index in [2.05, 4.69) is 0 Å². The Bertz CT molecular complexity index is 128. The normalized spacial score (nSPS) is 37.9. The molecule has 66 valence electrons. The molecule has 2 unspecified atom stereocenters. The van der Waals surface area contributed by atoms with Crippen molar-refractivity contribution in [3.05, 3.63) is 0 Å². The topological polar surface area (TPSA) is 58.9 Å². The van der Waals surface area contributed by atoms with Crippen LogP contribution in [0.25, 0.3) is 0 Å². The maximum Gasteiger partial charge on any atom is 0.269 e. The maximum absolute atomic E-state index is 8.86. The first kappa shape index (κ1) is 8.93.